The van der Waals surface area contributed by atoms with Gasteiger partial charge in [-0.3, -0.25) is 0 Å². The van der Waals surface area contributed by atoms with Crippen LogP contribution in [0.4, 0.5) is 0 Å². The Morgan fingerprint density at radius 3 is 2.14 bits per heavy atom. The highest BCUT2D eigenvalue weighted by Gasteiger charge is 2.61. The summed E-state index contributed by atoms with van der Waals surface area (Å²) in [4.78, 5) is 0. The zero-order chi connectivity index (χ0) is 20.1. The largest absolute Gasteiger partial charge is 0.460 e. The summed E-state index contributed by atoms with van der Waals surface area (Å²) in [6.45, 7) is 6.88. The maximum Gasteiger partial charge on any atom is 0.185 e. The molecule has 2 aliphatic carbocycles. The highest BCUT2D eigenvalue weighted by molar-refractivity contribution is 6.69. The van der Waals surface area contributed by atoms with Crippen molar-refractivity contribution in [2.24, 2.45) is 0 Å². The Labute approximate surface area is 175 Å². The Kier molecular flexibility index (Phi) is 4.56. The number of hydrogen-bond acceptors (Lipinski definition) is 2. The van der Waals surface area contributed by atoms with Gasteiger partial charge in [0.1, 0.15) is 11.5 Å². The average molecular weight is 403 g/mol. The van der Waals surface area contributed by atoms with E-state index < -0.39 is 8.32 Å². The third-order valence-electron chi connectivity index (χ3n) is 6.26. The first kappa shape index (κ1) is 18.9. The van der Waals surface area contributed by atoms with E-state index in [1.54, 1.807) is 0 Å². The molecule has 1 aromatic heterocycles. The molecule has 1 fully saturated rings. The lowest BCUT2D eigenvalue weighted by atomic mass is 9.89. The van der Waals surface area contributed by atoms with Gasteiger partial charge in [-0.25, -0.2) is 0 Å². The molecular formula is C26H30O2Si. The lowest BCUT2D eigenvalue weighted by molar-refractivity contribution is 0.161. The summed E-state index contributed by atoms with van der Waals surface area (Å²) < 4.78 is 13.6. The van der Waals surface area contributed by atoms with E-state index in [1.165, 1.54) is 40.9 Å². The van der Waals surface area contributed by atoms with Crippen LogP contribution in [-0.2, 0) is 22.9 Å². The minimum Gasteiger partial charge on any atom is -0.460 e. The molecule has 0 bridgehead atoms. The van der Waals surface area contributed by atoms with Gasteiger partial charge in [0.15, 0.2) is 8.32 Å². The first-order valence-electron chi connectivity index (χ1n) is 10.9. The molecule has 1 heterocycles. The first-order chi connectivity index (χ1) is 14.0. The second kappa shape index (κ2) is 7.00. The van der Waals surface area contributed by atoms with Crippen LogP contribution in [0.5, 0.6) is 0 Å². The molecule has 0 aliphatic heterocycles. The van der Waals surface area contributed by atoms with Gasteiger partial charge in [0, 0.05) is 11.1 Å². The molecule has 29 heavy (non-hydrogen) atoms. The third-order valence-corrected chi connectivity index (χ3v) is 7.24. The van der Waals surface area contributed by atoms with Crippen molar-refractivity contribution in [2.45, 2.75) is 63.3 Å². The van der Waals surface area contributed by atoms with Gasteiger partial charge in [0.2, 0.25) is 0 Å². The van der Waals surface area contributed by atoms with Crippen molar-refractivity contribution < 1.29 is 8.84 Å². The van der Waals surface area contributed by atoms with Gasteiger partial charge >= 0.3 is 0 Å². The number of fused-ring (bicyclic) bond motifs is 1. The van der Waals surface area contributed by atoms with Crippen LogP contribution in [0.15, 0.2) is 65.1 Å². The van der Waals surface area contributed by atoms with Crippen molar-refractivity contribution in [2.75, 3.05) is 0 Å². The second-order valence-corrected chi connectivity index (χ2v) is 14.0. The number of hydrogen-bond donors (Lipinski definition) is 0. The standard InChI is InChI=1S/C26H30O2Si/c1-29(2,3)28-26(20-14-8-5-9-15-20)18-23(26)25-22-17-11-10-16-21(22)24(27-25)19-12-6-4-7-13-19/h4-9,12-15,23H,10-11,16-18H2,1-3H3/t23-,26+/m0/s1. The minimum absolute atomic E-state index is 0.219. The monoisotopic (exact) mass is 402 g/mol. The molecule has 2 aromatic carbocycles. The SMILES string of the molecule is C[Si](C)(C)O[C@@]1(c2ccccc2)C[C@H]1c1oc(-c2ccccc2)c2c1CCCC2. The Hall–Kier alpha value is -2.10. The summed E-state index contributed by atoms with van der Waals surface area (Å²) in [5.74, 6) is 2.61. The van der Waals surface area contributed by atoms with Crippen molar-refractivity contribution in [3.8, 4) is 11.3 Å². The second-order valence-electron chi connectivity index (χ2n) is 9.55. The van der Waals surface area contributed by atoms with E-state index in [1.807, 2.05) is 0 Å². The average Bonchev–Trinajstić information content (AvgIpc) is 3.30. The van der Waals surface area contributed by atoms with Gasteiger partial charge in [-0.05, 0) is 62.9 Å². The molecule has 0 saturated heterocycles. The predicted molar refractivity (Wildman–Crippen MR) is 121 cm³/mol. The molecular weight excluding hydrogens is 372 g/mol. The van der Waals surface area contributed by atoms with Gasteiger partial charge in [-0.15, -0.1) is 0 Å². The smallest absolute Gasteiger partial charge is 0.185 e. The maximum atomic E-state index is 6.87. The fourth-order valence-corrected chi connectivity index (χ4v) is 6.51. The van der Waals surface area contributed by atoms with Gasteiger partial charge < -0.3 is 8.84 Å². The van der Waals surface area contributed by atoms with Crippen LogP contribution in [0, 0.1) is 0 Å². The molecule has 2 atom stereocenters. The molecule has 2 aliphatic rings. The van der Waals surface area contributed by atoms with Gasteiger partial charge in [0.05, 0.1) is 11.5 Å². The van der Waals surface area contributed by atoms with E-state index in [4.69, 9.17) is 8.84 Å². The molecule has 0 spiro atoms. The molecule has 0 N–H and O–H groups in total. The zero-order valence-electron chi connectivity index (χ0n) is 17.7. The lowest BCUT2D eigenvalue weighted by Gasteiger charge is -2.28. The summed E-state index contributed by atoms with van der Waals surface area (Å²) >= 11 is 0. The predicted octanol–water partition coefficient (Wildman–Crippen LogP) is 7.06. The zero-order valence-corrected chi connectivity index (χ0v) is 18.7. The Balaban J connectivity index is 1.60. The Morgan fingerprint density at radius 1 is 0.862 bits per heavy atom. The van der Waals surface area contributed by atoms with Crippen molar-refractivity contribution >= 4 is 8.32 Å². The quantitative estimate of drug-likeness (QED) is 0.426. The van der Waals surface area contributed by atoms with Crippen molar-refractivity contribution in [3.05, 3.63) is 83.1 Å². The van der Waals surface area contributed by atoms with Gasteiger partial charge in [0.25, 0.3) is 0 Å². The normalized spacial score (nSPS) is 23.6. The number of benzene rings is 2. The number of furan rings is 1. The molecule has 0 amide bonds. The molecule has 5 rings (SSSR count). The van der Waals surface area contributed by atoms with Crippen molar-refractivity contribution in [1.29, 1.82) is 0 Å². The summed E-state index contributed by atoms with van der Waals surface area (Å²) in [5, 5.41) is 0. The van der Waals surface area contributed by atoms with E-state index in [0.717, 1.165) is 25.0 Å². The molecule has 1 saturated carbocycles. The highest BCUT2D eigenvalue weighted by atomic mass is 28.4. The van der Waals surface area contributed by atoms with Crippen LogP contribution in [-0.4, -0.2) is 8.32 Å². The number of rotatable bonds is 5. The van der Waals surface area contributed by atoms with E-state index >= 15 is 0 Å². The van der Waals surface area contributed by atoms with Crippen molar-refractivity contribution in [1.82, 2.24) is 0 Å². The molecule has 2 nitrogen and oxygen atoms in total. The van der Waals surface area contributed by atoms with E-state index in [2.05, 4.69) is 80.3 Å². The van der Waals surface area contributed by atoms with E-state index in [9.17, 15) is 0 Å². The fourth-order valence-electron chi connectivity index (χ4n) is 5.07. The third kappa shape index (κ3) is 3.41. The minimum atomic E-state index is -1.72. The van der Waals surface area contributed by atoms with Crippen LogP contribution in [0.3, 0.4) is 0 Å². The van der Waals surface area contributed by atoms with Crippen LogP contribution in [0.2, 0.25) is 19.6 Å². The van der Waals surface area contributed by atoms with Crippen LogP contribution in [0.25, 0.3) is 11.3 Å². The Morgan fingerprint density at radius 2 is 1.48 bits per heavy atom. The summed E-state index contributed by atoms with van der Waals surface area (Å²) in [7, 11) is -1.72. The van der Waals surface area contributed by atoms with E-state index in [-0.39, 0.29) is 5.60 Å². The summed E-state index contributed by atoms with van der Waals surface area (Å²) in [6.07, 6.45) is 5.80. The highest BCUT2D eigenvalue weighted by Crippen LogP contribution is 2.64. The molecule has 3 aromatic rings. The molecule has 0 unspecified atom stereocenters. The fraction of sp³-hybridized carbons (Fsp3) is 0.385. The first-order valence-corrected chi connectivity index (χ1v) is 14.3. The summed E-state index contributed by atoms with van der Waals surface area (Å²) in [5.41, 5.74) is 5.20. The van der Waals surface area contributed by atoms with Crippen LogP contribution in [0.1, 0.15) is 47.6 Å². The van der Waals surface area contributed by atoms with E-state index in [0.29, 0.717) is 5.92 Å². The molecule has 3 heteroatoms. The Bertz CT molecular complexity index is 1000. The van der Waals surface area contributed by atoms with Crippen LogP contribution >= 0.6 is 0 Å². The van der Waals surface area contributed by atoms with Gasteiger partial charge in [-0.2, -0.15) is 0 Å². The summed E-state index contributed by atoms with van der Waals surface area (Å²) in [6, 6.07) is 21.4. The topological polar surface area (TPSA) is 22.4 Å². The van der Waals surface area contributed by atoms with Gasteiger partial charge in [-0.1, -0.05) is 60.7 Å². The molecule has 150 valence electrons. The lowest BCUT2D eigenvalue weighted by Crippen LogP contribution is -2.33. The van der Waals surface area contributed by atoms with Crippen molar-refractivity contribution in [3.63, 3.8) is 0 Å². The van der Waals surface area contributed by atoms with Crippen LogP contribution < -0.4 is 0 Å². The molecule has 0 radical (unpaired) electrons. The maximum absolute atomic E-state index is 6.87.